The molecule has 0 bridgehead atoms. The molecule has 1 aliphatic rings. The molecule has 0 radical (unpaired) electrons. The fourth-order valence-corrected chi connectivity index (χ4v) is 3.65. The number of anilines is 2. The summed E-state index contributed by atoms with van der Waals surface area (Å²) in [6, 6.07) is 26.8. The molecule has 0 spiro atoms. The smallest absolute Gasteiger partial charge is 0.151 e. The molecule has 5 heteroatoms. The summed E-state index contributed by atoms with van der Waals surface area (Å²) in [6.45, 7) is 3.67. The topological polar surface area (TPSA) is 45.2 Å². The molecule has 1 fully saturated rings. The highest BCUT2D eigenvalue weighted by Crippen LogP contribution is 2.22. The SMILES string of the molecule is c1ccc(-c2ccc(N3CCN(c4ccc5ccccc5n4)CC3)nn2)cc1. The average Bonchev–Trinajstić information content (AvgIpc) is 2.80. The predicted octanol–water partition coefficient (Wildman–Crippen LogP) is 4.02. The van der Waals surface area contributed by atoms with Crippen molar-refractivity contribution in [2.45, 2.75) is 0 Å². The molecule has 1 saturated heterocycles. The van der Waals surface area contributed by atoms with Crippen molar-refractivity contribution in [3.63, 3.8) is 0 Å². The van der Waals surface area contributed by atoms with E-state index in [9.17, 15) is 0 Å². The first-order chi connectivity index (χ1) is 13.9. The lowest BCUT2D eigenvalue weighted by atomic mass is 10.1. The number of rotatable bonds is 3. The lowest BCUT2D eigenvalue weighted by Crippen LogP contribution is -2.47. The Hall–Kier alpha value is -3.47. The van der Waals surface area contributed by atoms with E-state index >= 15 is 0 Å². The summed E-state index contributed by atoms with van der Waals surface area (Å²) in [5, 5.41) is 10.1. The van der Waals surface area contributed by atoms with E-state index < -0.39 is 0 Å². The van der Waals surface area contributed by atoms with Crippen molar-refractivity contribution < 1.29 is 0 Å². The lowest BCUT2D eigenvalue weighted by Gasteiger charge is -2.35. The Morgan fingerprint density at radius 1 is 0.571 bits per heavy atom. The second kappa shape index (κ2) is 7.27. The number of piperazine rings is 1. The maximum atomic E-state index is 4.82. The Labute approximate surface area is 164 Å². The van der Waals surface area contributed by atoms with Gasteiger partial charge in [0.15, 0.2) is 5.82 Å². The van der Waals surface area contributed by atoms with Crippen molar-refractivity contribution in [1.29, 1.82) is 0 Å². The van der Waals surface area contributed by atoms with Crippen LogP contribution in [-0.2, 0) is 0 Å². The van der Waals surface area contributed by atoms with Gasteiger partial charge in [-0.25, -0.2) is 4.98 Å². The first-order valence-electron chi connectivity index (χ1n) is 9.62. The molecule has 0 atom stereocenters. The number of pyridine rings is 1. The number of benzene rings is 2. The maximum absolute atomic E-state index is 4.82. The number of aromatic nitrogens is 3. The van der Waals surface area contributed by atoms with Gasteiger partial charge in [-0.2, -0.15) is 0 Å². The van der Waals surface area contributed by atoms with E-state index in [1.165, 1.54) is 5.39 Å². The molecule has 0 amide bonds. The summed E-state index contributed by atoms with van der Waals surface area (Å²) in [7, 11) is 0. The van der Waals surface area contributed by atoms with Gasteiger partial charge in [0.1, 0.15) is 5.82 Å². The molecule has 2 aromatic heterocycles. The van der Waals surface area contributed by atoms with Crippen LogP contribution in [0.15, 0.2) is 78.9 Å². The fraction of sp³-hybridized carbons (Fsp3) is 0.174. The zero-order valence-corrected chi connectivity index (χ0v) is 15.6. The number of fused-ring (bicyclic) bond motifs is 1. The highest BCUT2D eigenvalue weighted by molar-refractivity contribution is 5.80. The Bertz CT molecular complexity index is 1070. The summed E-state index contributed by atoms with van der Waals surface area (Å²) in [4.78, 5) is 9.45. The molecule has 5 nitrogen and oxygen atoms in total. The van der Waals surface area contributed by atoms with Crippen LogP contribution in [0.5, 0.6) is 0 Å². The molecular weight excluding hydrogens is 346 g/mol. The van der Waals surface area contributed by atoms with Crippen LogP contribution >= 0.6 is 0 Å². The van der Waals surface area contributed by atoms with Gasteiger partial charge < -0.3 is 9.80 Å². The first kappa shape index (κ1) is 16.7. The van der Waals surface area contributed by atoms with Crippen LogP contribution < -0.4 is 9.80 Å². The zero-order valence-electron chi connectivity index (χ0n) is 15.6. The monoisotopic (exact) mass is 367 g/mol. The number of para-hydroxylation sites is 1. The highest BCUT2D eigenvalue weighted by atomic mass is 15.3. The van der Waals surface area contributed by atoms with E-state index in [0.717, 1.165) is 54.6 Å². The van der Waals surface area contributed by atoms with Crippen molar-refractivity contribution in [2.24, 2.45) is 0 Å². The molecule has 1 aliphatic heterocycles. The summed E-state index contributed by atoms with van der Waals surface area (Å²) in [5.74, 6) is 1.98. The van der Waals surface area contributed by atoms with E-state index in [-0.39, 0.29) is 0 Å². The quantitative estimate of drug-likeness (QED) is 0.547. The van der Waals surface area contributed by atoms with Crippen molar-refractivity contribution in [2.75, 3.05) is 36.0 Å². The van der Waals surface area contributed by atoms with Crippen LogP contribution in [0.2, 0.25) is 0 Å². The van der Waals surface area contributed by atoms with Crippen molar-refractivity contribution in [3.05, 3.63) is 78.9 Å². The van der Waals surface area contributed by atoms with Crippen LogP contribution in [-0.4, -0.2) is 41.4 Å². The van der Waals surface area contributed by atoms with Gasteiger partial charge in [0.2, 0.25) is 0 Å². The van der Waals surface area contributed by atoms with Crippen molar-refractivity contribution >= 4 is 22.5 Å². The summed E-state index contributed by atoms with van der Waals surface area (Å²) < 4.78 is 0. The molecular formula is C23H21N5. The van der Waals surface area contributed by atoms with Crippen LogP contribution in [0, 0.1) is 0 Å². The van der Waals surface area contributed by atoms with E-state index in [2.05, 4.69) is 68.5 Å². The number of nitrogens with zero attached hydrogens (tertiary/aromatic N) is 5. The average molecular weight is 367 g/mol. The van der Waals surface area contributed by atoms with Crippen LogP contribution in [0.1, 0.15) is 0 Å². The molecule has 0 N–H and O–H groups in total. The van der Waals surface area contributed by atoms with Gasteiger partial charge in [0.05, 0.1) is 11.2 Å². The maximum Gasteiger partial charge on any atom is 0.151 e. The minimum absolute atomic E-state index is 0.906. The van der Waals surface area contributed by atoms with Gasteiger partial charge in [-0.3, -0.25) is 0 Å². The third-order valence-electron chi connectivity index (χ3n) is 5.23. The second-order valence-electron chi connectivity index (χ2n) is 6.98. The fourth-order valence-electron chi connectivity index (χ4n) is 3.65. The molecule has 0 saturated carbocycles. The Kier molecular flexibility index (Phi) is 4.33. The van der Waals surface area contributed by atoms with E-state index in [4.69, 9.17) is 4.98 Å². The Morgan fingerprint density at radius 2 is 1.25 bits per heavy atom. The molecule has 0 aliphatic carbocycles. The molecule has 28 heavy (non-hydrogen) atoms. The lowest BCUT2D eigenvalue weighted by molar-refractivity contribution is 0.639. The van der Waals surface area contributed by atoms with E-state index in [1.807, 2.05) is 30.3 Å². The van der Waals surface area contributed by atoms with Crippen LogP contribution in [0.25, 0.3) is 22.2 Å². The molecule has 3 heterocycles. The third kappa shape index (κ3) is 3.27. The highest BCUT2D eigenvalue weighted by Gasteiger charge is 2.19. The molecule has 0 unspecified atom stereocenters. The zero-order chi connectivity index (χ0) is 18.8. The molecule has 4 aromatic rings. The number of hydrogen-bond acceptors (Lipinski definition) is 5. The van der Waals surface area contributed by atoms with E-state index in [0.29, 0.717) is 0 Å². The van der Waals surface area contributed by atoms with Gasteiger partial charge >= 0.3 is 0 Å². The van der Waals surface area contributed by atoms with E-state index in [1.54, 1.807) is 0 Å². The predicted molar refractivity (Wildman–Crippen MR) is 114 cm³/mol. The van der Waals surface area contributed by atoms with Crippen LogP contribution in [0.3, 0.4) is 0 Å². The summed E-state index contributed by atoms with van der Waals surface area (Å²) in [5.41, 5.74) is 3.04. The third-order valence-corrected chi connectivity index (χ3v) is 5.23. The largest absolute Gasteiger partial charge is 0.353 e. The van der Waals surface area contributed by atoms with Crippen molar-refractivity contribution in [3.8, 4) is 11.3 Å². The van der Waals surface area contributed by atoms with Crippen molar-refractivity contribution in [1.82, 2.24) is 15.2 Å². The minimum atomic E-state index is 0.906. The van der Waals surface area contributed by atoms with Gasteiger partial charge in [-0.15, -0.1) is 10.2 Å². The molecule has 5 rings (SSSR count). The normalized spacial score (nSPS) is 14.4. The number of hydrogen-bond donors (Lipinski definition) is 0. The Balaban J connectivity index is 1.27. The molecule has 138 valence electrons. The molecule has 2 aromatic carbocycles. The standard InChI is InChI=1S/C23H21N5/c1-2-6-18(7-3-1)21-11-13-23(26-25-21)28-16-14-27(15-17-28)22-12-10-19-8-4-5-9-20(19)24-22/h1-13H,14-17H2. The van der Waals surface area contributed by atoms with Gasteiger partial charge in [0.25, 0.3) is 0 Å². The summed E-state index contributed by atoms with van der Waals surface area (Å²) >= 11 is 0. The van der Waals surface area contributed by atoms with Crippen LogP contribution in [0.4, 0.5) is 11.6 Å². The summed E-state index contributed by atoms with van der Waals surface area (Å²) in [6.07, 6.45) is 0. The van der Waals surface area contributed by atoms with Gasteiger partial charge in [-0.05, 0) is 30.3 Å². The Morgan fingerprint density at radius 3 is 2.00 bits per heavy atom. The van der Waals surface area contributed by atoms with Gasteiger partial charge in [-0.1, -0.05) is 48.5 Å². The first-order valence-corrected chi connectivity index (χ1v) is 9.62. The second-order valence-corrected chi connectivity index (χ2v) is 6.98. The minimum Gasteiger partial charge on any atom is -0.353 e. The van der Waals surface area contributed by atoms with Gasteiger partial charge in [0, 0.05) is 37.1 Å².